The van der Waals surface area contributed by atoms with Crippen molar-refractivity contribution in [3.8, 4) is 5.75 Å². The summed E-state index contributed by atoms with van der Waals surface area (Å²) in [7, 11) is 0. The third-order valence-corrected chi connectivity index (χ3v) is 4.76. The number of carbonyl (C=O) groups is 2. The van der Waals surface area contributed by atoms with Gasteiger partial charge in [0.25, 0.3) is 11.8 Å². The van der Waals surface area contributed by atoms with Crippen molar-refractivity contribution in [1.29, 1.82) is 0 Å². The lowest BCUT2D eigenvalue weighted by Crippen LogP contribution is -2.38. The molecule has 4 rings (SSSR count). The van der Waals surface area contributed by atoms with E-state index in [1.54, 1.807) is 53.7 Å². The number of nitrogens with zero attached hydrogens (tertiary/aromatic N) is 2. The summed E-state index contributed by atoms with van der Waals surface area (Å²) in [6.45, 7) is 0.275. The molecular weight excluding hydrogens is 378 g/mol. The van der Waals surface area contributed by atoms with E-state index in [9.17, 15) is 9.59 Å². The Morgan fingerprint density at radius 1 is 1.14 bits per heavy atom. The summed E-state index contributed by atoms with van der Waals surface area (Å²) in [5.41, 5.74) is 2.47. The first-order valence-corrected chi connectivity index (χ1v) is 9.01. The van der Waals surface area contributed by atoms with Crippen LogP contribution in [0.25, 0.3) is 0 Å². The molecule has 2 heterocycles. The van der Waals surface area contributed by atoms with Gasteiger partial charge in [0.2, 0.25) is 0 Å². The Labute approximate surface area is 166 Å². The predicted molar refractivity (Wildman–Crippen MR) is 107 cm³/mol. The monoisotopic (exact) mass is 393 g/mol. The molecule has 0 atom stereocenters. The summed E-state index contributed by atoms with van der Waals surface area (Å²) in [5.74, 6) is 0.140. The van der Waals surface area contributed by atoms with E-state index in [2.05, 4.69) is 10.3 Å². The second-order valence-corrected chi connectivity index (χ2v) is 6.64. The third kappa shape index (κ3) is 3.68. The standard InChI is InChI=1S/C21H16ClN3O3/c22-17-4-2-1-3-15(17)12-25-18-11-16(5-6-19(18)28-13-20(25)26)24-21(27)14-7-9-23-10-8-14/h1-11H,12-13H2,(H,24,27). The Morgan fingerprint density at radius 2 is 1.93 bits per heavy atom. The number of rotatable bonds is 4. The van der Waals surface area contributed by atoms with Crippen LogP contribution in [-0.2, 0) is 11.3 Å². The van der Waals surface area contributed by atoms with Gasteiger partial charge in [0, 0.05) is 28.7 Å². The number of aromatic nitrogens is 1. The largest absolute Gasteiger partial charge is 0.482 e. The first-order chi connectivity index (χ1) is 13.6. The van der Waals surface area contributed by atoms with E-state index in [1.165, 1.54) is 0 Å². The maximum Gasteiger partial charge on any atom is 0.265 e. The van der Waals surface area contributed by atoms with E-state index in [0.29, 0.717) is 34.3 Å². The van der Waals surface area contributed by atoms with Crippen LogP contribution in [0, 0.1) is 0 Å². The molecule has 7 heteroatoms. The van der Waals surface area contributed by atoms with E-state index >= 15 is 0 Å². The molecule has 0 spiro atoms. The van der Waals surface area contributed by atoms with Crippen molar-refractivity contribution < 1.29 is 14.3 Å². The Hall–Kier alpha value is -3.38. The minimum atomic E-state index is -0.261. The van der Waals surface area contributed by atoms with E-state index in [0.717, 1.165) is 5.56 Å². The van der Waals surface area contributed by atoms with E-state index in [1.807, 2.05) is 18.2 Å². The summed E-state index contributed by atoms with van der Waals surface area (Å²) in [4.78, 5) is 30.4. The first kappa shape index (κ1) is 18.0. The number of amides is 2. The highest BCUT2D eigenvalue weighted by molar-refractivity contribution is 6.31. The predicted octanol–water partition coefficient (Wildman–Crippen LogP) is 3.91. The summed E-state index contributed by atoms with van der Waals surface area (Å²) >= 11 is 6.25. The fourth-order valence-corrected chi connectivity index (χ4v) is 3.15. The molecule has 6 nitrogen and oxygen atoms in total. The lowest BCUT2D eigenvalue weighted by Gasteiger charge is -2.30. The Bertz CT molecular complexity index is 1040. The van der Waals surface area contributed by atoms with Crippen molar-refractivity contribution in [2.75, 3.05) is 16.8 Å². The molecule has 1 aliphatic rings. The minimum absolute atomic E-state index is 0.0415. The van der Waals surface area contributed by atoms with Gasteiger partial charge in [-0.15, -0.1) is 0 Å². The first-order valence-electron chi connectivity index (χ1n) is 8.64. The molecule has 0 aliphatic carbocycles. The zero-order chi connectivity index (χ0) is 19.5. The van der Waals surface area contributed by atoms with Crippen LogP contribution >= 0.6 is 11.6 Å². The third-order valence-electron chi connectivity index (χ3n) is 4.39. The number of fused-ring (bicyclic) bond motifs is 1. The molecule has 0 bridgehead atoms. The van der Waals surface area contributed by atoms with Gasteiger partial charge in [0.1, 0.15) is 5.75 Å². The molecule has 0 radical (unpaired) electrons. The SMILES string of the molecule is O=C(Nc1ccc2c(c1)N(Cc1ccccc1Cl)C(=O)CO2)c1ccncc1. The van der Waals surface area contributed by atoms with Gasteiger partial charge in [-0.05, 0) is 42.0 Å². The number of anilines is 2. The van der Waals surface area contributed by atoms with Crippen LogP contribution in [-0.4, -0.2) is 23.4 Å². The van der Waals surface area contributed by atoms with Crippen molar-refractivity contribution in [2.24, 2.45) is 0 Å². The van der Waals surface area contributed by atoms with Crippen LogP contribution < -0.4 is 15.0 Å². The molecule has 28 heavy (non-hydrogen) atoms. The van der Waals surface area contributed by atoms with Crippen LogP contribution in [0.5, 0.6) is 5.75 Å². The molecule has 2 aromatic carbocycles. The van der Waals surface area contributed by atoms with Gasteiger partial charge in [-0.2, -0.15) is 0 Å². The van der Waals surface area contributed by atoms with Gasteiger partial charge in [0.15, 0.2) is 6.61 Å². The Kier molecular flexibility index (Phi) is 4.95. The van der Waals surface area contributed by atoms with Crippen LogP contribution in [0.3, 0.4) is 0 Å². The zero-order valence-corrected chi connectivity index (χ0v) is 15.5. The fourth-order valence-electron chi connectivity index (χ4n) is 2.96. The van der Waals surface area contributed by atoms with E-state index in [4.69, 9.17) is 16.3 Å². The Morgan fingerprint density at radius 3 is 2.71 bits per heavy atom. The molecule has 2 amide bonds. The summed E-state index contributed by atoms with van der Waals surface area (Å²) in [5, 5.41) is 3.42. The van der Waals surface area contributed by atoms with Crippen molar-refractivity contribution in [2.45, 2.75) is 6.54 Å². The van der Waals surface area contributed by atoms with E-state index < -0.39 is 0 Å². The number of hydrogen-bond donors (Lipinski definition) is 1. The molecule has 0 fully saturated rings. The van der Waals surface area contributed by atoms with Crippen LogP contribution in [0.4, 0.5) is 11.4 Å². The number of nitrogens with one attached hydrogen (secondary N) is 1. The maximum atomic E-state index is 12.5. The average molecular weight is 394 g/mol. The second kappa shape index (κ2) is 7.70. The number of halogens is 1. The van der Waals surface area contributed by atoms with Crippen molar-refractivity contribution in [3.05, 3.63) is 83.1 Å². The van der Waals surface area contributed by atoms with Gasteiger partial charge in [-0.3, -0.25) is 14.6 Å². The highest BCUT2D eigenvalue weighted by Crippen LogP contribution is 2.36. The van der Waals surface area contributed by atoms with Gasteiger partial charge >= 0.3 is 0 Å². The van der Waals surface area contributed by atoms with Crippen molar-refractivity contribution in [1.82, 2.24) is 4.98 Å². The smallest absolute Gasteiger partial charge is 0.265 e. The Balaban J connectivity index is 1.62. The van der Waals surface area contributed by atoms with Crippen LogP contribution in [0.1, 0.15) is 15.9 Å². The fraction of sp³-hybridized carbons (Fsp3) is 0.0952. The molecule has 1 N–H and O–H groups in total. The van der Waals surface area contributed by atoms with Crippen molar-refractivity contribution in [3.63, 3.8) is 0 Å². The van der Waals surface area contributed by atoms with Gasteiger partial charge < -0.3 is 15.0 Å². The maximum absolute atomic E-state index is 12.5. The molecule has 1 aliphatic heterocycles. The molecule has 0 saturated carbocycles. The molecule has 0 saturated heterocycles. The number of pyridine rings is 1. The second-order valence-electron chi connectivity index (χ2n) is 6.23. The quantitative estimate of drug-likeness (QED) is 0.729. The van der Waals surface area contributed by atoms with Gasteiger partial charge in [-0.25, -0.2) is 0 Å². The van der Waals surface area contributed by atoms with Gasteiger partial charge in [-0.1, -0.05) is 29.8 Å². The van der Waals surface area contributed by atoms with Crippen molar-refractivity contribution >= 4 is 34.8 Å². The normalized spacial score (nSPS) is 12.9. The van der Waals surface area contributed by atoms with Crippen LogP contribution in [0.15, 0.2) is 67.0 Å². The topological polar surface area (TPSA) is 71.5 Å². The average Bonchev–Trinajstić information content (AvgIpc) is 2.72. The molecule has 3 aromatic rings. The highest BCUT2D eigenvalue weighted by atomic mass is 35.5. The molecule has 0 unspecified atom stereocenters. The molecule has 1 aromatic heterocycles. The lowest BCUT2D eigenvalue weighted by molar-refractivity contribution is -0.121. The summed E-state index contributed by atoms with van der Waals surface area (Å²) in [6.07, 6.45) is 3.11. The number of ether oxygens (including phenoxy) is 1. The number of benzene rings is 2. The minimum Gasteiger partial charge on any atom is -0.482 e. The molecule has 140 valence electrons. The molecular formula is C21H16ClN3O3. The van der Waals surface area contributed by atoms with Crippen LogP contribution in [0.2, 0.25) is 5.02 Å². The number of carbonyl (C=O) groups excluding carboxylic acids is 2. The number of hydrogen-bond acceptors (Lipinski definition) is 4. The summed E-state index contributed by atoms with van der Waals surface area (Å²) in [6, 6.07) is 15.8. The van der Waals surface area contributed by atoms with Gasteiger partial charge in [0.05, 0.1) is 12.2 Å². The highest BCUT2D eigenvalue weighted by Gasteiger charge is 2.26. The lowest BCUT2D eigenvalue weighted by atomic mass is 10.1. The zero-order valence-electron chi connectivity index (χ0n) is 14.8. The van der Waals surface area contributed by atoms with E-state index in [-0.39, 0.29) is 18.4 Å². The summed E-state index contributed by atoms with van der Waals surface area (Å²) < 4.78 is 5.53.